The minimum atomic E-state index is -4.29. The van der Waals surface area contributed by atoms with Crippen molar-refractivity contribution in [1.29, 1.82) is 0 Å². The van der Waals surface area contributed by atoms with Gasteiger partial charge >= 0.3 is 13.8 Å². The van der Waals surface area contributed by atoms with Crippen molar-refractivity contribution in [3.63, 3.8) is 0 Å². The molecule has 0 aromatic rings. The van der Waals surface area contributed by atoms with Crippen molar-refractivity contribution in [3.05, 3.63) is 60.8 Å². The molecule has 0 radical (unpaired) electrons. The Hall–Kier alpha value is -1.80. The second kappa shape index (κ2) is 37.1. The highest BCUT2D eigenvalue weighted by molar-refractivity contribution is 7.47. The Morgan fingerprint density at radius 3 is 1.66 bits per heavy atom. The lowest BCUT2D eigenvalue weighted by Gasteiger charge is -2.24. The second-order valence-corrected chi connectivity index (χ2v) is 16.4. The van der Waals surface area contributed by atoms with E-state index in [0.717, 1.165) is 83.5 Å². The Morgan fingerprint density at radius 2 is 1.09 bits per heavy atom. The Labute approximate surface area is 326 Å². The predicted molar refractivity (Wildman–Crippen MR) is 224 cm³/mol. The lowest BCUT2D eigenvalue weighted by molar-refractivity contribution is -0.870. The third-order valence-corrected chi connectivity index (χ3v) is 9.55. The molecule has 2 unspecified atom stereocenters. The van der Waals surface area contributed by atoms with Gasteiger partial charge in [0, 0.05) is 13.0 Å². The van der Waals surface area contributed by atoms with Crippen molar-refractivity contribution >= 4 is 13.8 Å². The van der Waals surface area contributed by atoms with Gasteiger partial charge in [0.2, 0.25) is 0 Å². The standard InChI is InChI=1S/C44H80NO7P/c1-6-8-10-12-14-16-18-20-22-24-26-28-30-32-34-36-39-49-41-43(42-51-53(47,48)50-40-38-45(3,4)5)52-44(46)37-35-33-31-29-27-25-23-21-19-17-15-13-11-9-7-2/h8,10,14,16,20-23,26,28,43H,6-7,9,11-13,15,17-19,24-25,27,29-42H2,1-5H3/p+1/b10-8-,16-14-,22-20-,23-21-,28-26-. The molecule has 53 heavy (non-hydrogen) atoms. The van der Waals surface area contributed by atoms with Gasteiger partial charge in [-0.1, -0.05) is 132 Å². The summed E-state index contributed by atoms with van der Waals surface area (Å²) in [6, 6.07) is 0. The van der Waals surface area contributed by atoms with Crippen LogP contribution in [0, 0.1) is 0 Å². The first kappa shape index (κ1) is 51.2. The molecule has 9 heteroatoms. The number of allylic oxidation sites excluding steroid dienone is 10. The maximum Gasteiger partial charge on any atom is 0.472 e. The second-order valence-electron chi connectivity index (χ2n) is 15.0. The molecule has 0 rings (SSSR count). The summed E-state index contributed by atoms with van der Waals surface area (Å²) in [7, 11) is 1.63. The first-order valence-corrected chi connectivity index (χ1v) is 22.5. The van der Waals surface area contributed by atoms with Crippen LogP contribution in [0.1, 0.15) is 155 Å². The molecule has 0 heterocycles. The zero-order valence-electron chi connectivity index (χ0n) is 34.7. The van der Waals surface area contributed by atoms with Gasteiger partial charge in [-0.05, 0) is 77.0 Å². The number of hydrogen-bond acceptors (Lipinski definition) is 6. The van der Waals surface area contributed by atoms with Crippen molar-refractivity contribution < 1.29 is 37.3 Å². The fourth-order valence-electron chi connectivity index (χ4n) is 5.30. The predicted octanol–water partition coefficient (Wildman–Crippen LogP) is 12.2. The highest BCUT2D eigenvalue weighted by atomic mass is 31.2. The van der Waals surface area contributed by atoms with Crippen LogP contribution < -0.4 is 0 Å². The van der Waals surface area contributed by atoms with Crippen molar-refractivity contribution in [1.82, 2.24) is 0 Å². The number of quaternary nitrogens is 1. The van der Waals surface area contributed by atoms with E-state index in [1.807, 2.05) is 21.1 Å². The molecule has 0 aromatic heterocycles. The van der Waals surface area contributed by atoms with E-state index in [9.17, 15) is 14.3 Å². The van der Waals surface area contributed by atoms with Gasteiger partial charge in [-0.25, -0.2) is 4.57 Å². The number of carbonyl (C=O) groups excluding carboxylic acids is 1. The molecular weight excluding hydrogens is 685 g/mol. The van der Waals surface area contributed by atoms with Crippen molar-refractivity contribution in [3.8, 4) is 0 Å². The van der Waals surface area contributed by atoms with E-state index in [0.29, 0.717) is 24.1 Å². The summed E-state index contributed by atoms with van der Waals surface area (Å²) in [4.78, 5) is 22.8. The summed E-state index contributed by atoms with van der Waals surface area (Å²) >= 11 is 0. The quantitative estimate of drug-likeness (QED) is 0.0220. The molecule has 0 saturated heterocycles. The van der Waals surface area contributed by atoms with Crippen LogP contribution in [0.2, 0.25) is 0 Å². The van der Waals surface area contributed by atoms with E-state index in [1.165, 1.54) is 51.4 Å². The number of ether oxygens (including phenoxy) is 2. The molecule has 0 aliphatic heterocycles. The van der Waals surface area contributed by atoms with Crippen LogP contribution in [0.5, 0.6) is 0 Å². The molecule has 308 valence electrons. The topological polar surface area (TPSA) is 91.3 Å². The lowest BCUT2D eigenvalue weighted by Crippen LogP contribution is -2.37. The summed E-state index contributed by atoms with van der Waals surface area (Å²) < 4.78 is 34.9. The van der Waals surface area contributed by atoms with Gasteiger partial charge in [0.15, 0.2) is 0 Å². The third-order valence-electron chi connectivity index (χ3n) is 8.56. The molecule has 1 N–H and O–H groups in total. The zero-order chi connectivity index (χ0) is 39.1. The molecule has 0 spiro atoms. The molecule has 0 aliphatic carbocycles. The van der Waals surface area contributed by atoms with Crippen molar-refractivity contribution in [2.45, 2.75) is 161 Å². The molecule has 2 atom stereocenters. The number of phosphoric ester groups is 1. The first-order chi connectivity index (χ1) is 25.6. The maximum atomic E-state index is 12.7. The van der Waals surface area contributed by atoms with Gasteiger partial charge in [-0.3, -0.25) is 13.8 Å². The zero-order valence-corrected chi connectivity index (χ0v) is 35.6. The summed E-state index contributed by atoms with van der Waals surface area (Å²) in [6.07, 6.45) is 45.4. The maximum absolute atomic E-state index is 12.7. The van der Waals surface area contributed by atoms with Crippen LogP contribution in [0.15, 0.2) is 60.8 Å². The Balaban J connectivity index is 4.35. The summed E-state index contributed by atoms with van der Waals surface area (Å²) in [5, 5.41) is 0. The van der Waals surface area contributed by atoms with Crippen molar-refractivity contribution in [2.75, 3.05) is 54.1 Å². The van der Waals surface area contributed by atoms with Crippen LogP contribution >= 0.6 is 7.82 Å². The molecule has 0 aliphatic rings. The number of nitrogens with zero attached hydrogens (tertiary/aromatic N) is 1. The number of rotatable bonds is 38. The highest BCUT2D eigenvalue weighted by Gasteiger charge is 2.26. The Morgan fingerprint density at radius 1 is 0.604 bits per heavy atom. The number of hydrogen-bond donors (Lipinski definition) is 1. The van der Waals surface area contributed by atoms with E-state index in [2.05, 4.69) is 74.6 Å². The molecule has 0 amide bonds. The van der Waals surface area contributed by atoms with Gasteiger partial charge in [-0.15, -0.1) is 0 Å². The van der Waals surface area contributed by atoms with Gasteiger partial charge in [0.25, 0.3) is 0 Å². The summed E-state index contributed by atoms with van der Waals surface area (Å²) in [5.41, 5.74) is 0. The molecule has 0 saturated carbocycles. The van der Waals surface area contributed by atoms with E-state index in [-0.39, 0.29) is 25.8 Å². The van der Waals surface area contributed by atoms with Crippen LogP contribution in [0.3, 0.4) is 0 Å². The summed E-state index contributed by atoms with van der Waals surface area (Å²) in [5.74, 6) is -0.337. The van der Waals surface area contributed by atoms with E-state index >= 15 is 0 Å². The molecule has 0 bridgehead atoms. The molecule has 0 aromatic carbocycles. The van der Waals surface area contributed by atoms with Gasteiger partial charge < -0.3 is 18.9 Å². The fourth-order valence-corrected chi connectivity index (χ4v) is 6.04. The van der Waals surface area contributed by atoms with Gasteiger partial charge in [-0.2, -0.15) is 0 Å². The van der Waals surface area contributed by atoms with E-state index < -0.39 is 13.9 Å². The minimum absolute atomic E-state index is 0.0780. The van der Waals surface area contributed by atoms with Gasteiger partial charge in [0.05, 0.1) is 34.4 Å². The average Bonchev–Trinajstić information content (AvgIpc) is 3.11. The Kier molecular flexibility index (Phi) is 35.9. The minimum Gasteiger partial charge on any atom is -0.457 e. The normalized spacial score (nSPS) is 14.5. The fraction of sp³-hybridized carbons (Fsp3) is 0.750. The SMILES string of the molecule is CC/C=C\C/C=C\C/C=C\C/C=C\CCCCCOCC(COP(=O)(O)OCC[N+](C)(C)C)OC(=O)CCCCCCC/C=C\CCCCCCCC. The van der Waals surface area contributed by atoms with Crippen LogP contribution in [0.25, 0.3) is 0 Å². The number of carbonyl (C=O) groups is 1. The van der Waals surface area contributed by atoms with Crippen molar-refractivity contribution in [2.24, 2.45) is 0 Å². The van der Waals surface area contributed by atoms with E-state index in [1.54, 1.807) is 0 Å². The number of likely N-dealkylation sites (N-methyl/N-ethyl adjacent to an activating group) is 1. The molecule has 8 nitrogen and oxygen atoms in total. The smallest absolute Gasteiger partial charge is 0.457 e. The van der Waals surface area contributed by atoms with E-state index in [4.69, 9.17) is 18.5 Å². The first-order valence-electron chi connectivity index (χ1n) is 21.0. The monoisotopic (exact) mass is 767 g/mol. The Bertz CT molecular complexity index is 1030. The number of unbranched alkanes of at least 4 members (excludes halogenated alkanes) is 14. The molecular formula is C44H81NO7P+. The van der Waals surface area contributed by atoms with Gasteiger partial charge in [0.1, 0.15) is 19.3 Å². The molecule has 0 fully saturated rings. The summed E-state index contributed by atoms with van der Waals surface area (Å²) in [6.45, 7) is 5.39. The lowest BCUT2D eigenvalue weighted by atomic mass is 10.1. The highest BCUT2D eigenvalue weighted by Crippen LogP contribution is 2.43. The van der Waals surface area contributed by atoms with Crippen LogP contribution in [0.4, 0.5) is 0 Å². The largest absolute Gasteiger partial charge is 0.472 e. The third kappa shape index (κ3) is 41.2. The number of phosphoric acid groups is 1. The van der Waals surface area contributed by atoms with Crippen LogP contribution in [-0.2, 0) is 27.9 Å². The number of esters is 1. The average molecular weight is 767 g/mol. The van der Waals surface area contributed by atoms with Crippen LogP contribution in [-0.4, -0.2) is 75.6 Å².